The fourth-order valence-corrected chi connectivity index (χ4v) is 2.25. The summed E-state index contributed by atoms with van der Waals surface area (Å²) in [5.41, 5.74) is 0. The van der Waals surface area contributed by atoms with Gasteiger partial charge in [0.05, 0.1) is 0 Å². The fraction of sp³-hybridized carbons (Fsp3) is 1.00. The number of rotatable bonds is 6. The molecule has 19 heavy (non-hydrogen) atoms. The van der Waals surface area contributed by atoms with E-state index in [-0.39, 0.29) is 6.61 Å². The Labute approximate surface area is 113 Å². The van der Waals surface area contributed by atoms with Crippen LogP contribution in [0.3, 0.4) is 0 Å². The van der Waals surface area contributed by atoms with E-state index in [1.807, 2.05) is 0 Å². The van der Waals surface area contributed by atoms with E-state index >= 15 is 0 Å². The average molecular weight is 282 g/mol. The summed E-state index contributed by atoms with van der Waals surface area (Å²) >= 11 is 0. The van der Waals surface area contributed by atoms with E-state index in [2.05, 4.69) is 28.8 Å². The minimum absolute atomic E-state index is 0.176. The smallest absolute Gasteiger partial charge is 0.372 e. The number of halogens is 3. The van der Waals surface area contributed by atoms with Gasteiger partial charge < -0.3 is 15.0 Å². The molecule has 1 fully saturated rings. The van der Waals surface area contributed by atoms with Crippen molar-refractivity contribution < 1.29 is 17.9 Å². The van der Waals surface area contributed by atoms with Crippen LogP contribution >= 0.6 is 0 Å². The van der Waals surface area contributed by atoms with E-state index in [4.69, 9.17) is 0 Å². The van der Waals surface area contributed by atoms with Crippen LogP contribution in [0.5, 0.6) is 0 Å². The van der Waals surface area contributed by atoms with Gasteiger partial charge in [-0.05, 0) is 31.8 Å². The topological polar surface area (TPSA) is 24.5 Å². The third-order valence-corrected chi connectivity index (χ3v) is 3.35. The highest BCUT2D eigenvalue weighted by Crippen LogP contribution is 2.14. The van der Waals surface area contributed by atoms with Crippen molar-refractivity contribution in [3.63, 3.8) is 0 Å². The van der Waals surface area contributed by atoms with Gasteiger partial charge in [0.2, 0.25) is 0 Å². The van der Waals surface area contributed by atoms with Gasteiger partial charge in [0.1, 0.15) is 6.61 Å². The molecule has 0 aromatic carbocycles. The van der Waals surface area contributed by atoms with Crippen molar-refractivity contribution in [2.75, 3.05) is 39.4 Å². The van der Waals surface area contributed by atoms with Crippen LogP contribution in [-0.4, -0.2) is 56.5 Å². The zero-order chi connectivity index (χ0) is 14.3. The lowest BCUT2D eigenvalue weighted by atomic mass is 10.0. The van der Waals surface area contributed by atoms with Crippen LogP contribution in [0.1, 0.15) is 26.7 Å². The van der Waals surface area contributed by atoms with Gasteiger partial charge >= 0.3 is 6.18 Å². The van der Waals surface area contributed by atoms with Crippen molar-refractivity contribution in [2.45, 2.75) is 38.9 Å². The summed E-state index contributed by atoms with van der Waals surface area (Å²) in [6.45, 7) is 7.22. The van der Waals surface area contributed by atoms with Crippen molar-refractivity contribution in [1.29, 1.82) is 0 Å². The maximum absolute atomic E-state index is 11.9. The van der Waals surface area contributed by atoms with Gasteiger partial charge in [0.15, 0.2) is 0 Å². The molecule has 0 aliphatic carbocycles. The molecule has 0 spiro atoms. The molecule has 114 valence electrons. The van der Waals surface area contributed by atoms with E-state index in [0.717, 1.165) is 32.6 Å². The number of ether oxygens (including phenoxy) is 1. The van der Waals surface area contributed by atoms with Crippen molar-refractivity contribution >= 4 is 0 Å². The second-order valence-corrected chi connectivity index (χ2v) is 5.48. The van der Waals surface area contributed by atoms with E-state index in [1.165, 1.54) is 0 Å². The summed E-state index contributed by atoms with van der Waals surface area (Å²) in [4.78, 5) is 2.32. The van der Waals surface area contributed by atoms with Crippen LogP contribution in [0.15, 0.2) is 0 Å². The average Bonchev–Trinajstić information content (AvgIpc) is 2.52. The van der Waals surface area contributed by atoms with Crippen LogP contribution in [0.2, 0.25) is 0 Å². The second-order valence-electron chi connectivity index (χ2n) is 5.48. The molecule has 3 nitrogen and oxygen atoms in total. The van der Waals surface area contributed by atoms with Gasteiger partial charge in [-0.15, -0.1) is 0 Å². The Morgan fingerprint density at radius 3 is 2.74 bits per heavy atom. The zero-order valence-corrected chi connectivity index (χ0v) is 11.8. The van der Waals surface area contributed by atoms with Gasteiger partial charge in [0, 0.05) is 25.7 Å². The van der Waals surface area contributed by atoms with E-state index in [9.17, 15) is 13.2 Å². The third-order valence-electron chi connectivity index (χ3n) is 3.35. The van der Waals surface area contributed by atoms with Crippen molar-refractivity contribution in [3.8, 4) is 0 Å². The van der Waals surface area contributed by atoms with E-state index in [0.29, 0.717) is 18.4 Å². The first kappa shape index (κ1) is 16.7. The molecule has 1 rings (SSSR count). The largest absolute Gasteiger partial charge is 0.411 e. The fourth-order valence-electron chi connectivity index (χ4n) is 2.25. The van der Waals surface area contributed by atoms with Crippen molar-refractivity contribution in [1.82, 2.24) is 10.2 Å². The maximum atomic E-state index is 11.9. The first-order valence-electron chi connectivity index (χ1n) is 6.99. The number of alkyl halides is 3. The zero-order valence-electron chi connectivity index (χ0n) is 11.8. The quantitative estimate of drug-likeness (QED) is 0.756. The van der Waals surface area contributed by atoms with Crippen LogP contribution in [0, 0.1) is 5.92 Å². The Hall–Kier alpha value is -0.330. The molecule has 1 heterocycles. The predicted octanol–water partition coefficient (Wildman–Crippen LogP) is 2.28. The molecule has 0 radical (unpaired) electrons. The SMILES string of the molecule is CC(C)C1CN(CCCOCC(F)(F)F)CCCN1. The molecule has 6 heteroatoms. The first-order chi connectivity index (χ1) is 8.88. The molecule has 1 N–H and O–H groups in total. The molecule has 1 saturated heterocycles. The van der Waals surface area contributed by atoms with Gasteiger partial charge in [-0.3, -0.25) is 0 Å². The van der Waals surface area contributed by atoms with Gasteiger partial charge in [-0.25, -0.2) is 0 Å². The number of nitrogens with zero attached hydrogens (tertiary/aromatic N) is 1. The van der Waals surface area contributed by atoms with E-state index < -0.39 is 12.8 Å². The number of hydrogen-bond acceptors (Lipinski definition) is 3. The Morgan fingerprint density at radius 2 is 2.11 bits per heavy atom. The molecule has 0 bridgehead atoms. The highest BCUT2D eigenvalue weighted by atomic mass is 19.4. The highest BCUT2D eigenvalue weighted by Gasteiger charge is 2.27. The summed E-state index contributed by atoms with van der Waals surface area (Å²) in [7, 11) is 0. The first-order valence-corrected chi connectivity index (χ1v) is 6.99. The Balaban J connectivity index is 2.17. The number of nitrogens with one attached hydrogen (secondary N) is 1. The standard InChI is InChI=1S/C13H25F3N2O/c1-11(2)12-9-18(6-3-5-17-12)7-4-8-19-10-13(14,15)16/h11-12,17H,3-10H2,1-2H3. The van der Waals surface area contributed by atoms with Crippen molar-refractivity contribution in [2.24, 2.45) is 5.92 Å². The molecule has 1 atom stereocenters. The molecular weight excluding hydrogens is 257 g/mol. The second kappa shape index (κ2) is 8.07. The Morgan fingerprint density at radius 1 is 1.37 bits per heavy atom. The third kappa shape index (κ3) is 7.74. The number of hydrogen-bond donors (Lipinski definition) is 1. The summed E-state index contributed by atoms with van der Waals surface area (Å²) in [6.07, 6.45) is -2.47. The minimum Gasteiger partial charge on any atom is -0.372 e. The van der Waals surface area contributed by atoms with Crippen LogP contribution in [0.4, 0.5) is 13.2 Å². The summed E-state index contributed by atoms with van der Waals surface area (Å²) in [6, 6.07) is 0.471. The molecule has 1 aliphatic heterocycles. The lowest BCUT2D eigenvalue weighted by Crippen LogP contribution is -2.41. The summed E-state index contributed by atoms with van der Waals surface area (Å²) in [5.74, 6) is 0.571. The van der Waals surface area contributed by atoms with Gasteiger partial charge in [-0.2, -0.15) is 13.2 Å². The van der Waals surface area contributed by atoms with Crippen LogP contribution < -0.4 is 5.32 Å². The molecule has 1 unspecified atom stereocenters. The molecule has 0 amide bonds. The molecular formula is C13H25F3N2O. The molecule has 0 aromatic rings. The lowest BCUT2D eigenvalue weighted by Gasteiger charge is -2.26. The minimum atomic E-state index is -4.21. The van der Waals surface area contributed by atoms with Gasteiger partial charge in [-0.1, -0.05) is 13.8 Å². The van der Waals surface area contributed by atoms with Crippen LogP contribution in [0.25, 0.3) is 0 Å². The Bertz CT molecular complexity index is 247. The van der Waals surface area contributed by atoms with Gasteiger partial charge in [0.25, 0.3) is 0 Å². The molecule has 0 saturated carbocycles. The highest BCUT2D eigenvalue weighted by molar-refractivity contribution is 4.78. The normalized spacial score (nSPS) is 22.7. The maximum Gasteiger partial charge on any atom is 0.411 e. The monoisotopic (exact) mass is 282 g/mol. The van der Waals surface area contributed by atoms with Crippen LogP contribution in [-0.2, 0) is 4.74 Å². The lowest BCUT2D eigenvalue weighted by molar-refractivity contribution is -0.174. The molecule has 1 aliphatic rings. The predicted molar refractivity (Wildman–Crippen MR) is 69.2 cm³/mol. The summed E-state index contributed by atoms with van der Waals surface area (Å²) in [5, 5.41) is 3.51. The van der Waals surface area contributed by atoms with E-state index in [1.54, 1.807) is 0 Å². The Kier molecular flexibility index (Phi) is 7.10. The van der Waals surface area contributed by atoms with Crippen molar-refractivity contribution in [3.05, 3.63) is 0 Å². The molecule has 0 aromatic heterocycles. The summed E-state index contributed by atoms with van der Waals surface area (Å²) < 4.78 is 40.3.